The van der Waals surface area contributed by atoms with Gasteiger partial charge in [0.2, 0.25) is 0 Å². The number of aliphatic carboxylic acids is 1. The second-order valence-electron chi connectivity index (χ2n) is 3.45. The summed E-state index contributed by atoms with van der Waals surface area (Å²) in [7, 11) is 3.86. The summed E-state index contributed by atoms with van der Waals surface area (Å²) in [5.74, 6) is -0.984. The normalized spacial score (nSPS) is 16.1. The lowest BCUT2D eigenvalue weighted by Crippen LogP contribution is -2.37. The predicted molar refractivity (Wildman–Crippen MR) is 49.2 cm³/mol. The number of rotatable bonds is 5. The lowest BCUT2D eigenvalue weighted by atomic mass is 9.97. The summed E-state index contributed by atoms with van der Waals surface area (Å²) >= 11 is 0. The molecule has 0 aromatic heterocycles. The molecule has 0 fully saturated rings. The van der Waals surface area contributed by atoms with E-state index in [4.69, 9.17) is 5.11 Å². The minimum absolute atomic E-state index is 0.160. The summed E-state index contributed by atoms with van der Waals surface area (Å²) in [5.41, 5.74) is 0. The molecule has 0 aromatic rings. The molecule has 0 rings (SSSR count). The third kappa shape index (κ3) is 3.22. The van der Waals surface area contributed by atoms with Gasteiger partial charge < -0.3 is 10.0 Å². The number of hydrogen-bond acceptors (Lipinski definition) is 2. The fourth-order valence-electron chi connectivity index (χ4n) is 1.42. The fourth-order valence-corrected chi connectivity index (χ4v) is 1.42. The van der Waals surface area contributed by atoms with Crippen LogP contribution in [-0.2, 0) is 4.79 Å². The van der Waals surface area contributed by atoms with Crippen LogP contribution in [0.5, 0.6) is 0 Å². The van der Waals surface area contributed by atoms with Gasteiger partial charge in [-0.3, -0.25) is 4.79 Å². The van der Waals surface area contributed by atoms with Crippen molar-refractivity contribution in [2.24, 2.45) is 5.92 Å². The van der Waals surface area contributed by atoms with Crippen LogP contribution in [0.25, 0.3) is 0 Å². The monoisotopic (exact) mass is 173 g/mol. The molecule has 0 amide bonds. The molecular weight excluding hydrogens is 154 g/mol. The van der Waals surface area contributed by atoms with Crippen molar-refractivity contribution in [1.29, 1.82) is 0 Å². The zero-order chi connectivity index (χ0) is 9.72. The highest BCUT2D eigenvalue weighted by Gasteiger charge is 2.23. The van der Waals surface area contributed by atoms with Crippen LogP contribution in [-0.4, -0.2) is 36.1 Å². The molecule has 0 aromatic carbocycles. The Morgan fingerprint density at radius 1 is 1.50 bits per heavy atom. The van der Waals surface area contributed by atoms with Gasteiger partial charge in [-0.25, -0.2) is 0 Å². The Balaban J connectivity index is 4.18. The third-order valence-electron chi connectivity index (χ3n) is 2.21. The highest BCUT2D eigenvalue weighted by Crippen LogP contribution is 2.14. The van der Waals surface area contributed by atoms with E-state index in [1.807, 2.05) is 19.0 Å². The first-order valence-corrected chi connectivity index (χ1v) is 4.40. The predicted octanol–water partition coefficient (Wildman–Crippen LogP) is 1.44. The molecule has 2 atom stereocenters. The van der Waals surface area contributed by atoms with Crippen LogP contribution in [0.3, 0.4) is 0 Å². The van der Waals surface area contributed by atoms with Crippen molar-refractivity contribution in [2.75, 3.05) is 14.1 Å². The summed E-state index contributed by atoms with van der Waals surface area (Å²) in [6, 6.07) is 0.160. The van der Waals surface area contributed by atoms with Crippen molar-refractivity contribution in [2.45, 2.75) is 32.7 Å². The molecule has 0 bridgehead atoms. The molecule has 0 aliphatic rings. The average molecular weight is 173 g/mol. The maximum Gasteiger partial charge on any atom is 0.307 e. The largest absolute Gasteiger partial charge is 0.481 e. The van der Waals surface area contributed by atoms with Crippen molar-refractivity contribution in [1.82, 2.24) is 4.90 Å². The van der Waals surface area contributed by atoms with Crippen LogP contribution in [0.1, 0.15) is 26.7 Å². The quantitative estimate of drug-likeness (QED) is 0.684. The van der Waals surface area contributed by atoms with Gasteiger partial charge in [-0.15, -0.1) is 0 Å². The molecule has 0 heterocycles. The van der Waals surface area contributed by atoms with E-state index in [1.54, 1.807) is 6.92 Å². The van der Waals surface area contributed by atoms with E-state index < -0.39 is 5.97 Å². The van der Waals surface area contributed by atoms with Gasteiger partial charge in [0.05, 0.1) is 5.92 Å². The highest BCUT2D eigenvalue weighted by atomic mass is 16.4. The summed E-state index contributed by atoms with van der Waals surface area (Å²) < 4.78 is 0. The van der Waals surface area contributed by atoms with E-state index >= 15 is 0 Å². The first-order valence-electron chi connectivity index (χ1n) is 4.40. The van der Waals surface area contributed by atoms with Crippen LogP contribution in [0.4, 0.5) is 0 Å². The maximum absolute atomic E-state index is 10.7. The zero-order valence-electron chi connectivity index (χ0n) is 8.37. The number of carboxylic acids is 1. The maximum atomic E-state index is 10.7. The number of hydrogen-bond donors (Lipinski definition) is 1. The molecule has 0 saturated carbocycles. The van der Waals surface area contributed by atoms with E-state index in [1.165, 1.54) is 0 Å². The molecule has 0 saturated heterocycles. The van der Waals surface area contributed by atoms with Gasteiger partial charge >= 0.3 is 5.97 Å². The van der Waals surface area contributed by atoms with Crippen LogP contribution in [0.2, 0.25) is 0 Å². The molecule has 0 aliphatic carbocycles. The standard InChI is InChI=1S/C9H19NO2/c1-5-6-8(10(3)4)7(2)9(11)12/h7-8H,5-6H2,1-4H3,(H,11,12). The molecule has 72 valence electrons. The van der Waals surface area contributed by atoms with Gasteiger partial charge in [0.25, 0.3) is 0 Å². The Hall–Kier alpha value is -0.570. The Labute approximate surface area is 74.4 Å². The first kappa shape index (κ1) is 11.4. The van der Waals surface area contributed by atoms with Crippen molar-refractivity contribution >= 4 is 5.97 Å². The summed E-state index contributed by atoms with van der Waals surface area (Å²) in [5, 5.41) is 8.80. The Bertz CT molecular complexity index is 145. The topological polar surface area (TPSA) is 40.5 Å². The summed E-state index contributed by atoms with van der Waals surface area (Å²) in [4.78, 5) is 12.7. The van der Waals surface area contributed by atoms with E-state index in [2.05, 4.69) is 6.92 Å². The van der Waals surface area contributed by atoms with Crippen LogP contribution in [0, 0.1) is 5.92 Å². The van der Waals surface area contributed by atoms with E-state index in [9.17, 15) is 4.79 Å². The van der Waals surface area contributed by atoms with Gasteiger partial charge in [-0.05, 0) is 20.5 Å². The molecule has 12 heavy (non-hydrogen) atoms. The van der Waals surface area contributed by atoms with Crippen molar-refractivity contribution in [3.05, 3.63) is 0 Å². The lowest BCUT2D eigenvalue weighted by Gasteiger charge is -2.27. The highest BCUT2D eigenvalue weighted by molar-refractivity contribution is 5.70. The third-order valence-corrected chi connectivity index (χ3v) is 2.21. The molecule has 1 N–H and O–H groups in total. The van der Waals surface area contributed by atoms with Gasteiger partial charge in [0, 0.05) is 6.04 Å². The SMILES string of the molecule is CCCC(C(C)C(=O)O)N(C)C. The lowest BCUT2D eigenvalue weighted by molar-refractivity contribution is -0.143. The van der Waals surface area contributed by atoms with Gasteiger partial charge in [0.1, 0.15) is 0 Å². The van der Waals surface area contributed by atoms with Crippen LogP contribution >= 0.6 is 0 Å². The van der Waals surface area contributed by atoms with Crippen LogP contribution in [0.15, 0.2) is 0 Å². The van der Waals surface area contributed by atoms with Crippen molar-refractivity contribution in [3.8, 4) is 0 Å². The van der Waals surface area contributed by atoms with Crippen molar-refractivity contribution in [3.63, 3.8) is 0 Å². The molecule has 0 spiro atoms. The Morgan fingerprint density at radius 3 is 2.25 bits per heavy atom. The van der Waals surface area contributed by atoms with E-state index in [-0.39, 0.29) is 12.0 Å². The second kappa shape index (κ2) is 5.14. The molecule has 3 heteroatoms. The number of carboxylic acid groups (broad SMARTS) is 1. The Morgan fingerprint density at radius 2 is 2.00 bits per heavy atom. The molecular formula is C9H19NO2. The number of carbonyl (C=O) groups is 1. The fraction of sp³-hybridized carbons (Fsp3) is 0.889. The van der Waals surface area contributed by atoms with Gasteiger partial charge in [-0.2, -0.15) is 0 Å². The van der Waals surface area contributed by atoms with Crippen molar-refractivity contribution < 1.29 is 9.90 Å². The molecule has 2 unspecified atom stereocenters. The van der Waals surface area contributed by atoms with E-state index in [0.29, 0.717) is 0 Å². The van der Waals surface area contributed by atoms with Gasteiger partial charge in [-0.1, -0.05) is 20.3 Å². The summed E-state index contributed by atoms with van der Waals surface area (Å²) in [6.45, 7) is 3.84. The van der Waals surface area contributed by atoms with Crippen LogP contribution < -0.4 is 0 Å². The summed E-state index contributed by atoms with van der Waals surface area (Å²) in [6.07, 6.45) is 1.97. The molecule has 0 radical (unpaired) electrons. The average Bonchev–Trinajstić information content (AvgIpc) is 1.98. The van der Waals surface area contributed by atoms with E-state index in [0.717, 1.165) is 12.8 Å². The smallest absolute Gasteiger partial charge is 0.307 e. The van der Waals surface area contributed by atoms with Gasteiger partial charge in [0.15, 0.2) is 0 Å². The molecule has 0 aliphatic heterocycles. The zero-order valence-corrected chi connectivity index (χ0v) is 8.37. The minimum atomic E-state index is -0.706. The molecule has 3 nitrogen and oxygen atoms in total. The minimum Gasteiger partial charge on any atom is -0.481 e. The Kier molecular flexibility index (Phi) is 4.90. The first-order chi connectivity index (χ1) is 5.50. The second-order valence-corrected chi connectivity index (χ2v) is 3.45. The number of nitrogens with zero attached hydrogens (tertiary/aromatic N) is 1.